The standard InChI is InChI=1S/C14H13N/c1-9-10(2)12-7-8-15-14(12)13-6-4-3-5-11(9)13/h3-6,8H,7H2,1-2H3. The zero-order chi connectivity index (χ0) is 10.4. The van der Waals surface area contributed by atoms with E-state index in [-0.39, 0.29) is 0 Å². The molecule has 0 bridgehead atoms. The number of hydrogen-bond donors (Lipinski definition) is 0. The number of aryl methyl sites for hydroxylation is 1. The van der Waals surface area contributed by atoms with Crippen LogP contribution < -0.4 is 0 Å². The molecule has 2 aromatic carbocycles. The predicted octanol–water partition coefficient (Wildman–Crippen LogP) is 3.72. The Morgan fingerprint density at radius 1 is 1.00 bits per heavy atom. The molecule has 0 atom stereocenters. The van der Waals surface area contributed by atoms with E-state index in [9.17, 15) is 0 Å². The lowest BCUT2D eigenvalue weighted by Gasteiger charge is -2.11. The van der Waals surface area contributed by atoms with Gasteiger partial charge in [0.15, 0.2) is 0 Å². The Bertz CT molecular complexity index is 579. The Hall–Kier alpha value is -1.63. The fourth-order valence-electron chi connectivity index (χ4n) is 2.41. The molecule has 0 radical (unpaired) electrons. The summed E-state index contributed by atoms with van der Waals surface area (Å²) in [5.41, 5.74) is 5.40. The summed E-state index contributed by atoms with van der Waals surface area (Å²) in [5.74, 6) is 0. The molecule has 0 saturated carbocycles. The minimum absolute atomic E-state index is 0.993. The van der Waals surface area contributed by atoms with E-state index < -0.39 is 0 Å². The van der Waals surface area contributed by atoms with Crippen LogP contribution in [0.25, 0.3) is 10.8 Å². The van der Waals surface area contributed by atoms with Gasteiger partial charge in [0.1, 0.15) is 0 Å². The van der Waals surface area contributed by atoms with Crippen molar-refractivity contribution < 1.29 is 0 Å². The molecular weight excluding hydrogens is 182 g/mol. The first-order chi connectivity index (χ1) is 7.29. The van der Waals surface area contributed by atoms with Gasteiger partial charge >= 0.3 is 0 Å². The average Bonchev–Trinajstić information content (AvgIpc) is 2.75. The van der Waals surface area contributed by atoms with Gasteiger partial charge in [0.05, 0.1) is 5.69 Å². The quantitative estimate of drug-likeness (QED) is 0.607. The smallest absolute Gasteiger partial charge is 0.0742 e. The molecule has 1 nitrogen and oxygen atoms in total. The minimum Gasteiger partial charge on any atom is -0.260 e. The van der Waals surface area contributed by atoms with Crippen molar-refractivity contribution in [3.05, 3.63) is 41.0 Å². The molecule has 15 heavy (non-hydrogen) atoms. The highest BCUT2D eigenvalue weighted by Crippen LogP contribution is 2.37. The van der Waals surface area contributed by atoms with E-state index in [1.165, 1.54) is 33.2 Å². The lowest BCUT2D eigenvalue weighted by molar-refractivity contribution is 1.27. The lowest BCUT2D eigenvalue weighted by atomic mass is 9.94. The summed E-state index contributed by atoms with van der Waals surface area (Å²) in [5, 5.41) is 2.64. The Morgan fingerprint density at radius 3 is 2.53 bits per heavy atom. The molecule has 0 aromatic heterocycles. The van der Waals surface area contributed by atoms with Gasteiger partial charge in [-0.1, -0.05) is 24.3 Å². The van der Waals surface area contributed by atoms with E-state index >= 15 is 0 Å². The van der Waals surface area contributed by atoms with E-state index in [1.807, 2.05) is 6.21 Å². The summed E-state index contributed by atoms with van der Waals surface area (Å²) >= 11 is 0. The van der Waals surface area contributed by atoms with Crippen LogP contribution in [-0.4, -0.2) is 6.21 Å². The third-order valence-corrected chi connectivity index (χ3v) is 3.40. The Kier molecular flexibility index (Phi) is 1.69. The van der Waals surface area contributed by atoms with Crippen LogP contribution in [0, 0.1) is 13.8 Å². The number of hydrogen-bond acceptors (Lipinski definition) is 1. The number of rotatable bonds is 0. The fourth-order valence-corrected chi connectivity index (χ4v) is 2.41. The normalized spacial score (nSPS) is 13.5. The van der Waals surface area contributed by atoms with Crippen molar-refractivity contribution in [2.45, 2.75) is 20.3 Å². The molecule has 3 rings (SSSR count). The first-order valence-electron chi connectivity index (χ1n) is 5.32. The number of aliphatic imine (C=N–C) groups is 1. The zero-order valence-corrected chi connectivity index (χ0v) is 9.04. The molecule has 1 heteroatoms. The summed E-state index contributed by atoms with van der Waals surface area (Å²) in [4.78, 5) is 4.50. The topological polar surface area (TPSA) is 12.4 Å². The highest BCUT2D eigenvalue weighted by atomic mass is 14.8. The maximum absolute atomic E-state index is 4.50. The first-order valence-corrected chi connectivity index (χ1v) is 5.32. The first kappa shape index (κ1) is 8.66. The third-order valence-electron chi connectivity index (χ3n) is 3.40. The van der Waals surface area contributed by atoms with Crippen LogP contribution >= 0.6 is 0 Å². The number of fused-ring (bicyclic) bond motifs is 3. The van der Waals surface area contributed by atoms with Crippen molar-refractivity contribution >= 4 is 22.7 Å². The third kappa shape index (κ3) is 1.06. The molecule has 0 amide bonds. The second-order valence-electron chi connectivity index (χ2n) is 4.14. The molecule has 0 fully saturated rings. The minimum atomic E-state index is 0.993. The second kappa shape index (κ2) is 2.93. The molecule has 74 valence electrons. The van der Waals surface area contributed by atoms with Gasteiger partial charge in [0, 0.05) is 18.0 Å². The average molecular weight is 195 g/mol. The van der Waals surface area contributed by atoms with Crippen molar-refractivity contribution in [3.8, 4) is 0 Å². The fraction of sp³-hybridized carbons (Fsp3) is 0.214. The highest BCUT2D eigenvalue weighted by Gasteiger charge is 2.15. The summed E-state index contributed by atoms with van der Waals surface area (Å²) in [6, 6.07) is 8.54. The summed E-state index contributed by atoms with van der Waals surface area (Å²) in [7, 11) is 0. The van der Waals surface area contributed by atoms with Crippen LogP contribution in [0.1, 0.15) is 16.7 Å². The van der Waals surface area contributed by atoms with Crippen molar-refractivity contribution in [1.29, 1.82) is 0 Å². The van der Waals surface area contributed by atoms with Crippen molar-refractivity contribution in [1.82, 2.24) is 0 Å². The van der Waals surface area contributed by atoms with E-state index in [0.29, 0.717) is 0 Å². The van der Waals surface area contributed by atoms with Crippen LogP contribution in [-0.2, 0) is 6.42 Å². The van der Waals surface area contributed by atoms with Crippen molar-refractivity contribution in [2.24, 2.45) is 4.99 Å². The van der Waals surface area contributed by atoms with Crippen molar-refractivity contribution in [3.63, 3.8) is 0 Å². The Balaban J connectivity index is 2.56. The second-order valence-corrected chi connectivity index (χ2v) is 4.14. The van der Waals surface area contributed by atoms with Gasteiger partial charge in [-0.2, -0.15) is 0 Å². The molecule has 0 unspecified atom stereocenters. The van der Waals surface area contributed by atoms with Gasteiger partial charge < -0.3 is 0 Å². The molecular formula is C14H13N. The Labute approximate surface area is 89.5 Å². The van der Waals surface area contributed by atoms with Crippen LogP contribution in [0.3, 0.4) is 0 Å². The Morgan fingerprint density at radius 2 is 1.73 bits per heavy atom. The number of nitrogens with zero attached hydrogens (tertiary/aromatic N) is 1. The lowest BCUT2D eigenvalue weighted by Crippen LogP contribution is -1.91. The van der Waals surface area contributed by atoms with E-state index in [2.05, 4.69) is 43.1 Å². The van der Waals surface area contributed by atoms with Crippen LogP contribution in [0.15, 0.2) is 29.3 Å². The number of benzene rings is 2. The molecule has 2 aromatic rings. The van der Waals surface area contributed by atoms with Gasteiger partial charge in [-0.3, -0.25) is 4.99 Å². The van der Waals surface area contributed by atoms with Gasteiger partial charge in [-0.05, 0) is 35.9 Å². The molecule has 0 aliphatic carbocycles. The maximum Gasteiger partial charge on any atom is 0.0742 e. The SMILES string of the molecule is Cc1c2c(c3ccccc3c1C)N=CC2. The summed E-state index contributed by atoms with van der Waals surface area (Å²) < 4.78 is 0. The van der Waals surface area contributed by atoms with E-state index in [1.54, 1.807) is 0 Å². The molecule has 1 aliphatic rings. The van der Waals surface area contributed by atoms with Gasteiger partial charge in [-0.25, -0.2) is 0 Å². The molecule has 1 aliphatic heterocycles. The zero-order valence-electron chi connectivity index (χ0n) is 9.04. The molecule has 1 heterocycles. The van der Waals surface area contributed by atoms with Crippen LogP contribution in [0.4, 0.5) is 5.69 Å². The summed E-state index contributed by atoms with van der Waals surface area (Å²) in [6.45, 7) is 4.41. The molecule has 0 saturated heterocycles. The monoisotopic (exact) mass is 195 g/mol. The largest absolute Gasteiger partial charge is 0.260 e. The molecule has 0 spiro atoms. The summed E-state index contributed by atoms with van der Waals surface area (Å²) in [6.07, 6.45) is 3.01. The van der Waals surface area contributed by atoms with Crippen LogP contribution in [0.2, 0.25) is 0 Å². The molecule has 0 N–H and O–H groups in total. The highest BCUT2D eigenvalue weighted by molar-refractivity contribution is 6.01. The predicted molar refractivity (Wildman–Crippen MR) is 65.3 cm³/mol. The maximum atomic E-state index is 4.50. The van der Waals surface area contributed by atoms with Gasteiger partial charge in [0.2, 0.25) is 0 Å². The van der Waals surface area contributed by atoms with Crippen LogP contribution in [0.5, 0.6) is 0 Å². The van der Waals surface area contributed by atoms with E-state index in [4.69, 9.17) is 0 Å². The van der Waals surface area contributed by atoms with Gasteiger partial charge in [-0.15, -0.1) is 0 Å². The van der Waals surface area contributed by atoms with Crippen molar-refractivity contribution in [2.75, 3.05) is 0 Å². The van der Waals surface area contributed by atoms with E-state index in [0.717, 1.165) is 6.42 Å². The van der Waals surface area contributed by atoms with Gasteiger partial charge in [0.25, 0.3) is 0 Å².